The maximum atomic E-state index is 12.8. The number of piperidine rings is 1. The van der Waals surface area contributed by atoms with Gasteiger partial charge in [0.25, 0.3) is 11.8 Å². The maximum Gasteiger partial charge on any atom is 0.407 e. The number of hydrogen-bond acceptors (Lipinski definition) is 6. The van der Waals surface area contributed by atoms with Crippen molar-refractivity contribution in [1.82, 2.24) is 15.5 Å². The average molecular weight is 453 g/mol. The van der Waals surface area contributed by atoms with Crippen molar-refractivity contribution in [2.45, 2.75) is 58.9 Å². The van der Waals surface area contributed by atoms with Gasteiger partial charge < -0.3 is 10.1 Å². The summed E-state index contributed by atoms with van der Waals surface area (Å²) in [5.41, 5.74) is -0.167. The van der Waals surface area contributed by atoms with Gasteiger partial charge >= 0.3 is 6.09 Å². The van der Waals surface area contributed by atoms with Crippen molar-refractivity contribution in [3.8, 4) is 12.0 Å². The van der Waals surface area contributed by atoms with Crippen LogP contribution >= 0.6 is 0 Å². The summed E-state index contributed by atoms with van der Waals surface area (Å²) < 4.78 is 5.12. The Morgan fingerprint density at radius 2 is 1.91 bits per heavy atom. The van der Waals surface area contributed by atoms with Crippen molar-refractivity contribution in [2.75, 3.05) is 6.61 Å². The van der Waals surface area contributed by atoms with Gasteiger partial charge in [-0.15, -0.1) is 0 Å². The number of carbonyl (C=O) groups excluding carboxylic acids is 5. The fourth-order valence-electron chi connectivity index (χ4n) is 3.52. The standard InChI is InChI=1S/C24H27N3O6/c1-3-4-5-6-13-33-23(32)25-15-16-7-8-17-18(14-16)21(30)27(20(17)29)12-11-24(2)10-9-19(28)26-22(24)31/h7-8,14H,3-6,9-10,13,15H2,1-2H3,(H,25,32)(H,26,28,31). The summed E-state index contributed by atoms with van der Waals surface area (Å²) in [6.45, 7) is 4.15. The van der Waals surface area contributed by atoms with E-state index in [1.165, 1.54) is 12.1 Å². The van der Waals surface area contributed by atoms with E-state index in [1.54, 1.807) is 13.0 Å². The number of unbranched alkanes of at least 4 members (excludes halogenated alkanes) is 3. The lowest BCUT2D eigenvalue weighted by atomic mass is 9.82. The summed E-state index contributed by atoms with van der Waals surface area (Å²) in [4.78, 5) is 61.5. The number of hydrogen-bond donors (Lipinski definition) is 2. The molecule has 1 fully saturated rings. The fraction of sp³-hybridized carbons (Fsp3) is 0.458. The number of nitrogens with one attached hydrogen (secondary N) is 2. The van der Waals surface area contributed by atoms with Gasteiger partial charge in [0.1, 0.15) is 5.41 Å². The lowest BCUT2D eigenvalue weighted by Crippen LogP contribution is -2.46. The Balaban J connectivity index is 1.62. The molecule has 1 unspecified atom stereocenters. The predicted molar refractivity (Wildman–Crippen MR) is 118 cm³/mol. The van der Waals surface area contributed by atoms with Gasteiger partial charge in [-0.25, -0.2) is 4.79 Å². The molecule has 2 heterocycles. The van der Waals surface area contributed by atoms with Crippen LogP contribution in [0.3, 0.4) is 0 Å². The van der Waals surface area contributed by atoms with Gasteiger partial charge in [0.2, 0.25) is 11.8 Å². The lowest BCUT2D eigenvalue weighted by Gasteiger charge is -2.26. The molecule has 174 valence electrons. The van der Waals surface area contributed by atoms with Gasteiger partial charge in [-0.1, -0.05) is 38.2 Å². The Kier molecular flexibility index (Phi) is 7.48. The van der Waals surface area contributed by atoms with Crippen LogP contribution in [0.25, 0.3) is 0 Å². The largest absolute Gasteiger partial charge is 0.450 e. The molecule has 1 saturated heterocycles. The summed E-state index contributed by atoms with van der Waals surface area (Å²) >= 11 is 0. The highest BCUT2D eigenvalue weighted by Gasteiger charge is 2.39. The number of carbonyl (C=O) groups is 5. The maximum absolute atomic E-state index is 12.8. The zero-order chi connectivity index (χ0) is 24.0. The van der Waals surface area contributed by atoms with E-state index in [2.05, 4.69) is 29.5 Å². The van der Waals surface area contributed by atoms with Crippen molar-refractivity contribution in [1.29, 1.82) is 0 Å². The number of alkyl carbamates (subject to hydrolysis) is 1. The molecule has 0 spiro atoms. The number of imide groups is 2. The predicted octanol–water partition coefficient (Wildman–Crippen LogP) is 2.49. The SMILES string of the molecule is CCCCCCOC(=O)NCc1ccc2c(c1)C(=O)N(C#CC1(C)CCC(=O)NC1=O)C2=O. The quantitative estimate of drug-likeness (QED) is 0.372. The molecule has 0 saturated carbocycles. The fourth-order valence-corrected chi connectivity index (χ4v) is 3.52. The van der Waals surface area contributed by atoms with Gasteiger partial charge in [0.05, 0.1) is 17.7 Å². The molecule has 1 atom stereocenters. The smallest absolute Gasteiger partial charge is 0.407 e. The van der Waals surface area contributed by atoms with Crippen LogP contribution in [-0.2, 0) is 20.9 Å². The Morgan fingerprint density at radius 1 is 1.15 bits per heavy atom. The molecule has 0 aromatic heterocycles. The first kappa shape index (κ1) is 24.0. The van der Waals surface area contributed by atoms with E-state index < -0.39 is 29.2 Å². The van der Waals surface area contributed by atoms with Crippen LogP contribution in [0.5, 0.6) is 0 Å². The first-order chi connectivity index (χ1) is 15.7. The molecule has 2 N–H and O–H groups in total. The third-order valence-electron chi connectivity index (χ3n) is 5.67. The van der Waals surface area contributed by atoms with E-state index in [0.29, 0.717) is 12.2 Å². The van der Waals surface area contributed by atoms with E-state index in [-0.39, 0.29) is 36.4 Å². The van der Waals surface area contributed by atoms with Crippen molar-refractivity contribution in [2.24, 2.45) is 5.41 Å². The Hall–Kier alpha value is -3.67. The minimum absolute atomic E-state index is 0.135. The molecule has 3 rings (SSSR count). The second-order valence-electron chi connectivity index (χ2n) is 8.32. The minimum atomic E-state index is -1.17. The molecule has 1 aromatic carbocycles. The average Bonchev–Trinajstić information content (AvgIpc) is 3.03. The summed E-state index contributed by atoms with van der Waals surface area (Å²) in [7, 11) is 0. The highest BCUT2D eigenvalue weighted by Crippen LogP contribution is 2.27. The van der Waals surface area contributed by atoms with Crippen molar-refractivity contribution >= 4 is 29.7 Å². The molecule has 9 nitrogen and oxygen atoms in total. The van der Waals surface area contributed by atoms with Crippen LogP contribution in [0.15, 0.2) is 18.2 Å². The molecule has 33 heavy (non-hydrogen) atoms. The molecule has 2 aliphatic heterocycles. The van der Waals surface area contributed by atoms with Crippen LogP contribution in [0.2, 0.25) is 0 Å². The van der Waals surface area contributed by atoms with Gasteiger partial charge in [0.15, 0.2) is 0 Å². The van der Waals surface area contributed by atoms with Crippen LogP contribution in [0.1, 0.15) is 78.7 Å². The van der Waals surface area contributed by atoms with E-state index in [1.807, 2.05) is 0 Å². The summed E-state index contributed by atoms with van der Waals surface area (Å²) in [6.07, 6.45) is 3.82. The Bertz CT molecular complexity index is 1050. The van der Waals surface area contributed by atoms with E-state index in [9.17, 15) is 24.0 Å². The molecular weight excluding hydrogens is 426 g/mol. The van der Waals surface area contributed by atoms with Gasteiger partial charge in [0, 0.05) is 19.0 Å². The molecule has 0 radical (unpaired) electrons. The Morgan fingerprint density at radius 3 is 2.64 bits per heavy atom. The second kappa shape index (κ2) is 10.3. The zero-order valence-electron chi connectivity index (χ0n) is 18.8. The van der Waals surface area contributed by atoms with Gasteiger partial charge in [-0.3, -0.25) is 24.5 Å². The minimum Gasteiger partial charge on any atom is -0.450 e. The summed E-state index contributed by atoms with van der Waals surface area (Å²) in [6, 6.07) is 7.20. The normalized spacial score (nSPS) is 19.5. The van der Waals surface area contributed by atoms with E-state index in [4.69, 9.17) is 4.74 Å². The Labute approximate surface area is 192 Å². The number of nitrogens with zero attached hydrogens (tertiary/aromatic N) is 1. The molecule has 0 bridgehead atoms. The third kappa shape index (κ3) is 5.58. The topological polar surface area (TPSA) is 122 Å². The van der Waals surface area contributed by atoms with Crippen molar-refractivity contribution < 1.29 is 28.7 Å². The van der Waals surface area contributed by atoms with Gasteiger partial charge in [-0.2, -0.15) is 4.90 Å². The number of benzene rings is 1. The number of ether oxygens (including phenoxy) is 1. The second-order valence-corrected chi connectivity index (χ2v) is 8.32. The van der Waals surface area contributed by atoms with Gasteiger partial charge in [-0.05, 0) is 37.5 Å². The first-order valence-corrected chi connectivity index (χ1v) is 11.0. The lowest BCUT2D eigenvalue weighted by molar-refractivity contribution is -0.138. The summed E-state index contributed by atoms with van der Waals surface area (Å²) in [5.74, 6) is 0.590. The van der Waals surface area contributed by atoms with Crippen LogP contribution in [0, 0.1) is 17.4 Å². The van der Waals surface area contributed by atoms with Crippen molar-refractivity contribution in [3.05, 3.63) is 34.9 Å². The first-order valence-electron chi connectivity index (χ1n) is 11.0. The molecule has 5 amide bonds. The highest BCUT2D eigenvalue weighted by atomic mass is 16.5. The van der Waals surface area contributed by atoms with Crippen LogP contribution in [0.4, 0.5) is 4.79 Å². The molecule has 0 aliphatic carbocycles. The highest BCUT2D eigenvalue weighted by molar-refractivity contribution is 6.22. The van der Waals surface area contributed by atoms with E-state index in [0.717, 1.165) is 30.6 Å². The third-order valence-corrected chi connectivity index (χ3v) is 5.67. The molecular formula is C24H27N3O6. The number of rotatable bonds is 7. The van der Waals surface area contributed by atoms with Crippen LogP contribution in [-0.4, -0.2) is 41.2 Å². The monoisotopic (exact) mass is 453 g/mol. The number of amides is 5. The molecule has 9 heteroatoms. The van der Waals surface area contributed by atoms with E-state index >= 15 is 0 Å². The zero-order valence-corrected chi connectivity index (χ0v) is 18.8. The molecule has 1 aromatic rings. The van der Waals surface area contributed by atoms with Crippen molar-refractivity contribution in [3.63, 3.8) is 0 Å². The number of fused-ring (bicyclic) bond motifs is 1. The van der Waals surface area contributed by atoms with Crippen LogP contribution < -0.4 is 10.6 Å². The molecule has 2 aliphatic rings. The summed E-state index contributed by atoms with van der Waals surface area (Å²) in [5, 5.41) is 4.85.